The molecule has 0 atom stereocenters. The molecule has 1 saturated heterocycles. The van der Waals surface area contributed by atoms with Gasteiger partial charge in [0, 0.05) is 13.1 Å². The zero-order chi connectivity index (χ0) is 19.8. The molecular weight excluding hydrogens is 372 g/mol. The zero-order valence-electron chi connectivity index (χ0n) is 16.5. The van der Waals surface area contributed by atoms with Gasteiger partial charge in [0.2, 0.25) is 10.0 Å². The van der Waals surface area contributed by atoms with Crippen molar-refractivity contribution in [3.05, 3.63) is 65.7 Å². The molecule has 2 aromatic rings. The molecule has 1 fully saturated rings. The second-order valence-corrected chi connectivity index (χ2v) is 9.29. The highest BCUT2D eigenvalue weighted by Gasteiger charge is 2.21. The second kappa shape index (κ2) is 10.0. The smallest absolute Gasteiger partial charge is 0.215 e. The van der Waals surface area contributed by atoms with Crippen molar-refractivity contribution in [2.24, 2.45) is 5.92 Å². The van der Waals surface area contributed by atoms with Crippen LogP contribution in [0.1, 0.15) is 24.0 Å². The highest BCUT2D eigenvalue weighted by Crippen LogP contribution is 2.18. The van der Waals surface area contributed by atoms with Gasteiger partial charge in [-0.3, -0.25) is 0 Å². The number of benzene rings is 2. The Hall–Kier alpha value is -1.89. The third-order valence-electron chi connectivity index (χ3n) is 5.35. The molecule has 3 rings (SSSR count). The normalized spacial score (nSPS) is 16.2. The first-order valence-corrected chi connectivity index (χ1v) is 11.6. The molecule has 6 heteroatoms. The minimum Gasteiger partial charge on any atom is -0.497 e. The Labute approximate surface area is 168 Å². The molecule has 28 heavy (non-hydrogen) atoms. The summed E-state index contributed by atoms with van der Waals surface area (Å²) in [5.74, 6) is 1.07. The summed E-state index contributed by atoms with van der Waals surface area (Å²) in [6.07, 6.45) is 3.14. The number of sulfonamides is 1. The first-order valence-electron chi connectivity index (χ1n) is 9.90. The molecule has 0 unspecified atom stereocenters. The quantitative estimate of drug-likeness (QED) is 0.700. The summed E-state index contributed by atoms with van der Waals surface area (Å²) in [6, 6.07) is 17.8. The summed E-state index contributed by atoms with van der Waals surface area (Å²) in [7, 11) is -1.76. The van der Waals surface area contributed by atoms with E-state index < -0.39 is 10.0 Å². The van der Waals surface area contributed by atoms with Gasteiger partial charge in [0.1, 0.15) is 5.75 Å². The largest absolute Gasteiger partial charge is 0.497 e. The highest BCUT2D eigenvalue weighted by atomic mass is 32.2. The topological polar surface area (TPSA) is 58.6 Å². The molecule has 0 bridgehead atoms. The van der Waals surface area contributed by atoms with Crippen molar-refractivity contribution in [1.29, 1.82) is 0 Å². The molecule has 1 N–H and O–H groups in total. The van der Waals surface area contributed by atoms with E-state index in [0.717, 1.165) is 44.5 Å². The Bertz CT molecular complexity index is 832. The summed E-state index contributed by atoms with van der Waals surface area (Å²) in [5, 5.41) is 0. The number of likely N-dealkylation sites (tertiary alicyclic amines) is 1. The number of nitrogens with zero attached hydrogens (tertiary/aromatic N) is 1. The number of ether oxygens (including phenoxy) is 1. The molecular formula is C22H30N2O3S. The molecule has 0 radical (unpaired) electrons. The molecule has 2 aromatic carbocycles. The predicted molar refractivity (Wildman–Crippen MR) is 113 cm³/mol. The lowest BCUT2D eigenvalue weighted by Crippen LogP contribution is -2.39. The van der Waals surface area contributed by atoms with Crippen molar-refractivity contribution >= 4 is 10.0 Å². The Morgan fingerprint density at radius 2 is 1.75 bits per heavy atom. The van der Waals surface area contributed by atoms with E-state index in [1.165, 1.54) is 5.56 Å². The van der Waals surface area contributed by atoms with Crippen LogP contribution >= 0.6 is 0 Å². The van der Waals surface area contributed by atoms with Crippen molar-refractivity contribution in [2.45, 2.75) is 25.0 Å². The minimum atomic E-state index is -3.34. The average Bonchev–Trinajstić information content (AvgIpc) is 2.72. The number of hydrogen-bond acceptors (Lipinski definition) is 4. The number of piperidine rings is 1. The predicted octanol–water partition coefficient (Wildman–Crippen LogP) is 3.07. The summed E-state index contributed by atoms with van der Waals surface area (Å²) in [4.78, 5) is 2.48. The van der Waals surface area contributed by atoms with E-state index in [4.69, 9.17) is 4.74 Å². The van der Waals surface area contributed by atoms with Crippen molar-refractivity contribution < 1.29 is 13.2 Å². The summed E-state index contributed by atoms with van der Waals surface area (Å²) >= 11 is 0. The van der Waals surface area contributed by atoms with Gasteiger partial charge < -0.3 is 9.64 Å². The SMILES string of the molecule is COc1cccc(CS(=O)(=O)NCC2CCN(CCc3ccccc3)CC2)c1. The van der Waals surface area contributed by atoms with Gasteiger partial charge in [-0.2, -0.15) is 0 Å². The van der Waals surface area contributed by atoms with Crippen LogP contribution in [0.25, 0.3) is 0 Å². The lowest BCUT2D eigenvalue weighted by molar-refractivity contribution is 0.187. The summed E-state index contributed by atoms with van der Waals surface area (Å²) in [6.45, 7) is 3.67. The minimum absolute atomic E-state index is 0.0138. The van der Waals surface area contributed by atoms with Crippen LogP contribution < -0.4 is 9.46 Å². The molecule has 0 spiro atoms. The van der Waals surface area contributed by atoms with E-state index in [0.29, 0.717) is 18.2 Å². The summed E-state index contributed by atoms with van der Waals surface area (Å²) in [5.41, 5.74) is 2.11. The maximum Gasteiger partial charge on any atom is 0.215 e. The second-order valence-electron chi connectivity index (χ2n) is 7.48. The van der Waals surface area contributed by atoms with Crippen LogP contribution in [0.4, 0.5) is 0 Å². The third kappa shape index (κ3) is 6.62. The Morgan fingerprint density at radius 1 is 1.04 bits per heavy atom. The molecule has 0 saturated carbocycles. The molecule has 152 valence electrons. The Morgan fingerprint density at radius 3 is 2.46 bits per heavy atom. The van der Waals surface area contributed by atoms with Crippen molar-refractivity contribution in [3.63, 3.8) is 0 Å². The van der Waals surface area contributed by atoms with Crippen LogP contribution in [0.15, 0.2) is 54.6 Å². The molecule has 1 heterocycles. The monoisotopic (exact) mass is 402 g/mol. The van der Waals surface area contributed by atoms with Crippen LogP contribution in [0.2, 0.25) is 0 Å². The Balaban J connectivity index is 1.39. The molecule has 1 aliphatic rings. The fraction of sp³-hybridized carbons (Fsp3) is 0.455. The maximum absolute atomic E-state index is 12.4. The van der Waals surface area contributed by atoms with Crippen molar-refractivity contribution in [2.75, 3.05) is 33.3 Å². The van der Waals surface area contributed by atoms with E-state index in [-0.39, 0.29) is 5.75 Å². The molecule has 1 aliphatic heterocycles. The molecule has 0 aliphatic carbocycles. The van der Waals surface area contributed by atoms with Crippen molar-refractivity contribution in [3.8, 4) is 5.75 Å². The fourth-order valence-electron chi connectivity index (χ4n) is 3.62. The van der Waals surface area contributed by atoms with Crippen LogP contribution in [0.5, 0.6) is 5.75 Å². The lowest BCUT2D eigenvalue weighted by atomic mass is 9.97. The molecule has 5 nitrogen and oxygen atoms in total. The van der Waals surface area contributed by atoms with Gasteiger partial charge in [-0.05, 0) is 61.5 Å². The standard InChI is InChI=1S/C22H30N2O3S/c1-27-22-9-5-8-21(16-22)18-28(25,26)23-17-20-11-14-24(15-12-20)13-10-19-6-3-2-4-7-19/h2-9,16,20,23H,10-15,17-18H2,1H3. The lowest BCUT2D eigenvalue weighted by Gasteiger charge is -2.32. The zero-order valence-corrected chi connectivity index (χ0v) is 17.3. The van der Waals surface area contributed by atoms with E-state index in [1.54, 1.807) is 13.2 Å². The van der Waals surface area contributed by atoms with Gasteiger partial charge in [-0.15, -0.1) is 0 Å². The van der Waals surface area contributed by atoms with Crippen LogP contribution in [0.3, 0.4) is 0 Å². The molecule has 0 aromatic heterocycles. The van der Waals surface area contributed by atoms with Gasteiger partial charge in [0.05, 0.1) is 12.9 Å². The van der Waals surface area contributed by atoms with E-state index in [1.807, 2.05) is 24.3 Å². The highest BCUT2D eigenvalue weighted by molar-refractivity contribution is 7.88. The third-order valence-corrected chi connectivity index (χ3v) is 6.67. The number of rotatable bonds is 9. The fourth-order valence-corrected chi connectivity index (χ4v) is 4.83. The van der Waals surface area contributed by atoms with Gasteiger partial charge >= 0.3 is 0 Å². The first-order chi connectivity index (χ1) is 13.5. The van der Waals surface area contributed by atoms with Gasteiger partial charge in [-0.25, -0.2) is 13.1 Å². The van der Waals surface area contributed by atoms with E-state index in [9.17, 15) is 8.42 Å². The average molecular weight is 403 g/mol. The number of nitrogens with one attached hydrogen (secondary N) is 1. The van der Waals surface area contributed by atoms with Crippen LogP contribution in [-0.2, 0) is 22.2 Å². The maximum atomic E-state index is 12.4. The number of hydrogen-bond donors (Lipinski definition) is 1. The molecule has 0 amide bonds. The van der Waals surface area contributed by atoms with Crippen LogP contribution in [0, 0.1) is 5.92 Å². The Kier molecular flexibility index (Phi) is 7.48. The van der Waals surface area contributed by atoms with E-state index >= 15 is 0 Å². The van der Waals surface area contributed by atoms with Crippen molar-refractivity contribution in [1.82, 2.24) is 9.62 Å². The summed E-state index contributed by atoms with van der Waals surface area (Å²) < 4.78 is 32.8. The number of methoxy groups -OCH3 is 1. The van der Waals surface area contributed by atoms with Gasteiger partial charge in [0.15, 0.2) is 0 Å². The van der Waals surface area contributed by atoms with Crippen LogP contribution in [-0.4, -0.2) is 46.6 Å². The van der Waals surface area contributed by atoms with Gasteiger partial charge in [-0.1, -0.05) is 42.5 Å². The van der Waals surface area contributed by atoms with E-state index in [2.05, 4.69) is 33.9 Å². The first kappa shape index (κ1) is 20.8. The van der Waals surface area contributed by atoms with Gasteiger partial charge in [0.25, 0.3) is 0 Å².